The average molecular weight is 482 g/mol. The first-order valence-corrected chi connectivity index (χ1v) is 10.9. The number of fused-ring (bicyclic) bond motifs is 1. The summed E-state index contributed by atoms with van der Waals surface area (Å²) in [5, 5.41) is 13.9. The summed E-state index contributed by atoms with van der Waals surface area (Å²) in [4.78, 5) is 21.2. The molecule has 1 aliphatic heterocycles. The van der Waals surface area contributed by atoms with E-state index in [1.165, 1.54) is 27.4 Å². The topological polar surface area (TPSA) is 121 Å². The molecule has 0 amide bonds. The van der Waals surface area contributed by atoms with E-state index in [0.29, 0.717) is 35.6 Å². The molecule has 2 atom stereocenters. The van der Waals surface area contributed by atoms with Crippen LogP contribution in [0.3, 0.4) is 0 Å². The van der Waals surface area contributed by atoms with Crippen LogP contribution >= 0.6 is 0 Å². The second-order valence-electron chi connectivity index (χ2n) is 7.79. The third-order valence-electron chi connectivity index (χ3n) is 5.98. The van der Waals surface area contributed by atoms with Gasteiger partial charge in [0.2, 0.25) is 17.9 Å². The average Bonchev–Trinajstić information content (AvgIpc) is 2.90. The predicted octanol–water partition coefficient (Wildman–Crippen LogP) is 2.43. The zero-order chi connectivity index (χ0) is 25.0. The van der Waals surface area contributed by atoms with Crippen molar-refractivity contribution in [3.05, 3.63) is 65.2 Å². The van der Waals surface area contributed by atoms with Crippen LogP contribution in [0.15, 0.2) is 48.5 Å². The molecule has 184 valence electrons. The van der Waals surface area contributed by atoms with Crippen molar-refractivity contribution < 1.29 is 33.6 Å². The van der Waals surface area contributed by atoms with Gasteiger partial charge in [-0.2, -0.15) is 9.97 Å². The number of hydrogen-bond acceptors (Lipinski definition) is 9. The predicted molar refractivity (Wildman–Crippen MR) is 126 cm³/mol. The molecule has 0 saturated heterocycles. The summed E-state index contributed by atoms with van der Waals surface area (Å²) in [5.74, 6) is 0.165. The number of nitrogens with one attached hydrogen (secondary N) is 1. The van der Waals surface area contributed by atoms with Gasteiger partial charge in [-0.25, -0.2) is 4.79 Å². The number of carboxylic acids is 1. The van der Waals surface area contributed by atoms with Gasteiger partial charge in [0.25, 0.3) is 0 Å². The Kier molecular flexibility index (Phi) is 6.92. The third kappa shape index (κ3) is 4.40. The summed E-state index contributed by atoms with van der Waals surface area (Å²) in [6.07, 6.45) is -0.820. The lowest BCUT2D eigenvalue weighted by molar-refractivity contribution is -0.149. The highest BCUT2D eigenvalue weighted by Crippen LogP contribution is 2.44. The van der Waals surface area contributed by atoms with Crippen molar-refractivity contribution in [2.75, 3.05) is 35.0 Å². The minimum Gasteiger partial charge on any atom is -0.493 e. The molecule has 2 unspecified atom stereocenters. The summed E-state index contributed by atoms with van der Waals surface area (Å²) in [7, 11) is 5.97. The number of ether oxygens (including phenoxy) is 5. The lowest BCUT2D eigenvalue weighted by atomic mass is 9.73. The number of aromatic nitrogens is 2. The van der Waals surface area contributed by atoms with Crippen LogP contribution in [-0.4, -0.2) is 62.1 Å². The summed E-state index contributed by atoms with van der Waals surface area (Å²) < 4.78 is 27.5. The second-order valence-corrected chi connectivity index (χ2v) is 7.79. The zero-order valence-electron chi connectivity index (χ0n) is 19.9. The normalized spacial score (nSPS) is 17.6. The molecule has 0 radical (unpaired) electrons. The first kappa shape index (κ1) is 24.1. The van der Waals surface area contributed by atoms with Crippen LogP contribution < -0.4 is 29.0 Å². The Balaban J connectivity index is 1.95. The number of benzene rings is 2. The Morgan fingerprint density at radius 3 is 2.14 bits per heavy atom. The maximum absolute atomic E-state index is 12.8. The van der Waals surface area contributed by atoms with Crippen molar-refractivity contribution in [2.45, 2.75) is 18.1 Å². The molecular weight excluding hydrogens is 454 g/mol. The maximum Gasteiger partial charge on any atom is 0.347 e. The highest BCUT2D eigenvalue weighted by molar-refractivity contribution is 5.77. The van der Waals surface area contributed by atoms with Gasteiger partial charge in [0, 0.05) is 6.54 Å². The van der Waals surface area contributed by atoms with Gasteiger partial charge in [-0.1, -0.05) is 30.3 Å². The fraction of sp³-hybridized carbons (Fsp3) is 0.320. The van der Waals surface area contributed by atoms with E-state index in [9.17, 15) is 9.90 Å². The van der Waals surface area contributed by atoms with Crippen molar-refractivity contribution in [2.24, 2.45) is 0 Å². The first-order valence-electron chi connectivity index (χ1n) is 10.9. The van der Waals surface area contributed by atoms with Crippen molar-refractivity contribution in [1.82, 2.24) is 15.3 Å². The summed E-state index contributed by atoms with van der Waals surface area (Å²) in [6.45, 7) is 0.493. The monoisotopic (exact) mass is 481 g/mol. The van der Waals surface area contributed by atoms with Crippen molar-refractivity contribution in [3.63, 3.8) is 0 Å². The van der Waals surface area contributed by atoms with Gasteiger partial charge in [-0.3, -0.25) is 5.32 Å². The molecular formula is C25H27N3O7. The fourth-order valence-electron chi connectivity index (χ4n) is 4.40. The van der Waals surface area contributed by atoms with E-state index in [2.05, 4.69) is 15.3 Å². The molecule has 2 heterocycles. The van der Waals surface area contributed by atoms with Crippen LogP contribution in [0, 0.1) is 0 Å². The molecule has 10 nitrogen and oxygen atoms in total. The van der Waals surface area contributed by atoms with Gasteiger partial charge in [0.05, 0.1) is 34.5 Å². The quantitative estimate of drug-likeness (QED) is 0.471. The van der Waals surface area contributed by atoms with E-state index in [0.717, 1.165) is 5.56 Å². The van der Waals surface area contributed by atoms with E-state index in [-0.39, 0.29) is 17.8 Å². The fourth-order valence-corrected chi connectivity index (χ4v) is 4.40. The Morgan fingerprint density at radius 2 is 1.57 bits per heavy atom. The SMILES string of the molecule is COc1cc(OC)nc(OC(C(=O)O)C2(c3ccccc3)NCCc3cc(OC)c(OC)cc32)n1. The van der Waals surface area contributed by atoms with Crippen molar-refractivity contribution in [3.8, 4) is 29.3 Å². The summed E-state index contributed by atoms with van der Waals surface area (Å²) in [5.41, 5.74) is 0.981. The van der Waals surface area contributed by atoms with E-state index in [1.54, 1.807) is 13.2 Å². The Labute approximate surface area is 202 Å². The van der Waals surface area contributed by atoms with Gasteiger partial charge in [-0.15, -0.1) is 0 Å². The van der Waals surface area contributed by atoms with Crippen LogP contribution in [0.2, 0.25) is 0 Å². The van der Waals surface area contributed by atoms with Crippen LogP contribution in [0.5, 0.6) is 29.3 Å². The number of aliphatic carboxylic acids is 1. The summed E-state index contributed by atoms with van der Waals surface area (Å²) in [6, 6.07) is 14.2. The first-order chi connectivity index (χ1) is 17.0. The molecule has 10 heteroatoms. The molecule has 2 N–H and O–H groups in total. The van der Waals surface area contributed by atoms with E-state index in [1.807, 2.05) is 36.4 Å². The molecule has 0 fully saturated rings. The second kappa shape index (κ2) is 10.1. The number of rotatable bonds is 9. The molecule has 1 aliphatic rings. The van der Waals surface area contributed by atoms with E-state index >= 15 is 0 Å². The lowest BCUT2D eigenvalue weighted by Crippen LogP contribution is -2.60. The number of methoxy groups -OCH3 is 4. The minimum atomic E-state index is -1.47. The molecule has 35 heavy (non-hydrogen) atoms. The van der Waals surface area contributed by atoms with Gasteiger partial charge < -0.3 is 28.8 Å². The van der Waals surface area contributed by atoms with Crippen molar-refractivity contribution in [1.29, 1.82) is 0 Å². The van der Waals surface area contributed by atoms with Crippen LogP contribution in [-0.2, 0) is 16.8 Å². The Morgan fingerprint density at radius 1 is 0.943 bits per heavy atom. The molecule has 3 aromatic rings. The van der Waals surface area contributed by atoms with Crippen LogP contribution in [0.1, 0.15) is 16.7 Å². The molecule has 0 aliphatic carbocycles. The standard InChI is InChI=1S/C25H27N3O7/c1-31-18-12-15-10-11-26-25(16-8-6-5-7-9-16,17(15)13-19(18)32-2)22(23(29)30)35-24-27-20(33-3)14-21(28-24)34-4/h5-9,12-14,22,26H,10-11H2,1-4H3,(H,29,30). The summed E-state index contributed by atoms with van der Waals surface area (Å²) >= 11 is 0. The Bertz CT molecular complexity index is 1180. The smallest absolute Gasteiger partial charge is 0.347 e. The third-order valence-corrected chi connectivity index (χ3v) is 5.98. The molecule has 2 aromatic carbocycles. The molecule has 1 aromatic heterocycles. The number of carbonyl (C=O) groups is 1. The highest BCUT2D eigenvalue weighted by atomic mass is 16.5. The van der Waals surface area contributed by atoms with E-state index in [4.69, 9.17) is 23.7 Å². The van der Waals surface area contributed by atoms with Gasteiger partial charge in [0.15, 0.2) is 11.5 Å². The largest absolute Gasteiger partial charge is 0.493 e. The lowest BCUT2D eigenvalue weighted by Gasteiger charge is -2.43. The number of nitrogens with zero attached hydrogens (tertiary/aromatic N) is 2. The number of carboxylic acid groups (broad SMARTS) is 1. The minimum absolute atomic E-state index is 0.174. The molecule has 0 spiro atoms. The number of hydrogen-bond donors (Lipinski definition) is 2. The van der Waals surface area contributed by atoms with Gasteiger partial charge in [-0.05, 0) is 35.2 Å². The van der Waals surface area contributed by atoms with Gasteiger partial charge >= 0.3 is 12.0 Å². The van der Waals surface area contributed by atoms with Crippen molar-refractivity contribution >= 4 is 5.97 Å². The maximum atomic E-state index is 12.8. The van der Waals surface area contributed by atoms with Gasteiger partial charge in [0.1, 0.15) is 5.54 Å². The highest BCUT2D eigenvalue weighted by Gasteiger charge is 2.51. The molecule has 0 saturated carbocycles. The van der Waals surface area contributed by atoms with Crippen LogP contribution in [0.4, 0.5) is 0 Å². The molecule has 4 rings (SSSR count). The Hall–Kier alpha value is -4.05. The zero-order valence-corrected chi connectivity index (χ0v) is 19.9. The van der Waals surface area contributed by atoms with E-state index < -0.39 is 17.6 Å². The molecule has 0 bridgehead atoms. The van der Waals surface area contributed by atoms with Crippen LogP contribution in [0.25, 0.3) is 0 Å².